The van der Waals surface area contributed by atoms with E-state index in [-0.39, 0.29) is 16.6 Å². The second-order valence-corrected chi connectivity index (χ2v) is 17.0. The van der Waals surface area contributed by atoms with Gasteiger partial charge in [-0.25, -0.2) is 4.79 Å². The zero-order valence-electron chi connectivity index (χ0n) is 28.5. The summed E-state index contributed by atoms with van der Waals surface area (Å²) in [5.41, 5.74) is 0. The van der Waals surface area contributed by atoms with Crippen molar-refractivity contribution in [2.24, 2.45) is 47.3 Å². The Labute approximate surface area is 291 Å². The summed E-state index contributed by atoms with van der Waals surface area (Å²) in [4.78, 5) is 9.52. The van der Waals surface area contributed by atoms with Crippen LogP contribution in [0, 0.1) is 47.3 Å². The van der Waals surface area contributed by atoms with Gasteiger partial charge in [0.15, 0.2) is 0 Å². The van der Waals surface area contributed by atoms with Gasteiger partial charge in [0.25, 0.3) is 0 Å². The number of nitrogens with one attached hydrogen (secondary N) is 8. The number of alkyl halides is 3. The normalized spacial score (nSPS) is 49.8. The number of hydrogen-bond donors (Lipinski definition) is 8. The lowest BCUT2D eigenvalue weighted by Crippen LogP contribution is -2.61. The molecule has 9 rings (SSSR count). The van der Waals surface area contributed by atoms with Crippen molar-refractivity contribution in [3.8, 4) is 0 Å². The fraction of sp³-hybridized carbons (Fsp3) is 0.971. The van der Waals surface area contributed by atoms with E-state index < -0.39 is 12.1 Å². The maximum absolute atomic E-state index is 11.0. The Morgan fingerprint density at radius 3 is 0.688 bits per heavy atom. The zero-order chi connectivity index (χ0) is 33.0. The second kappa shape index (κ2) is 14.5. The minimum Gasteiger partial charge on any atom is -0.615 e. The number of carbonyl (C=O) groups is 1. The van der Waals surface area contributed by atoms with Gasteiger partial charge < -0.3 is 3.79 Å². The monoisotopic (exact) mass is 694 g/mol. The molecule has 5 heterocycles. The quantitative estimate of drug-likeness (QED) is 0.179. The van der Waals surface area contributed by atoms with Crippen molar-refractivity contribution in [1.29, 1.82) is 0 Å². The van der Waals surface area contributed by atoms with Crippen LogP contribution in [0.3, 0.4) is 0 Å². The van der Waals surface area contributed by atoms with Crippen LogP contribution in [-0.2, 0) is 8.58 Å². The average molecular weight is 695 g/mol. The largest absolute Gasteiger partial charge is 0.615 e. The van der Waals surface area contributed by atoms with Crippen LogP contribution < -0.4 is 42.5 Å². The molecule has 0 radical (unpaired) electrons. The molecule has 270 valence electrons. The number of fused-ring (bicyclic) bond motifs is 20. The average Bonchev–Trinajstić information content (AvgIpc) is 3.83. The van der Waals surface area contributed by atoms with Gasteiger partial charge in [0.05, 0.1) is 49.3 Å². The lowest BCUT2D eigenvalue weighted by Gasteiger charge is -2.35. The first kappa shape index (κ1) is 34.6. The molecule has 0 spiro atoms. The molecule has 0 aromatic rings. The molecule has 5 aliphatic heterocycles. The first-order chi connectivity index (χ1) is 23.3. The predicted molar refractivity (Wildman–Crippen MR) is 178 cm³/mol. The maximum Gasteiger partial charge on any atom is 0.499 e. The summed E-state index contributed by atoms with van der Waals surface area (Å²) in [6.07, 6.45) is 20.8. The van der Waals surface area contributed by atoms with Crippen LogP contribution in [0.1, 0.15) is 103 Å². The lowest BCUT2D eigenvalue weighted by molar-refractivity contribution is -0.189. The van der Waals surface area contributed by atoms with Crippen molar-refractivity contribution in [2.75, 3.05) is 0 Å². The Balaban J connectivity index is 0.000000377. The summed E-state index contributed by atoms with van der Waals surface area (Å²) in [7, 11) is 0. The van der Waals surface area contributed by atoms with Gasteiger partial charge in [0.1, 0.15) is 0 Å². The van der Waals surface area contributed by atoms with E-state index in [1.807, 2.05) is 0 Å². The highest BCUT2D eigenvalue weighted by Gasteiger charge is 2.54. The van der Waals surface area contributed by atoms with Gasteiger partial charge in [-0.15, -0.1) is 0 Å². The molecule has 8 bridgehead atoms. The summed E-state index contributed by atoms with van der Waals surface area (Å²) in [6, 6.07) is 0. The third-order valence-corrected chi connectivity index (χ3v) is 14.6. The molecule has 0 aromatic heterocycles. The third kappa shape index (κ3) is 6.74. The Morgan fingerprint density at radius 2 is 0.583 bits per heavy atom. The molecule has 4 aliphatic carbocycles. The highest BCUT2D eigenvalue weighted by atomic mass is 27.1. The molecule has 8 unspecified atom stereocenters. The van der Waals surface area contributed by atoms with Gasteiger partial charge in [-0.3, -0.25) is 42.5 Å². The van der Waals surface area contributed by atoms with E-state index in [1.165, 1.54) is 103 Å². The topological polar surface area (TPSA) is 123 Å². The van der Waals surface area contributed by atoms with E-state index in [0.717, 1.165) is 47.3 Å². The molecule has 9 aliphatic rings. The van der Waals surface area contributed by atoms with Crippen LogP contribution in [0.25, 0.3) is 0 Å². The van der Waals surface area contributed by atoms with E-state index in [1.54, 1.807) is 0 Å². The Kier molecular flexibility index (Phi) is 10.4. The van der Waals surface area contributed by atoms with Gasteiger partial charge in [-0.05, 0) is 98.7 Å². The number of carbonyl (C=O) groups excluding carboxylic acids is 1. The minimum atomic E-state index is -4.82. The zero-order valence-corrected chi connectivity index (χ0v) is 30.5. The summed E-state index contributed by atoms with van der Waals surface area (Å²) in [5.74, 6) is 3.86. The van der Waals surface area contributed by atoms with Crippen LogP contribution in [0.15, 0.2) is 0 Å². The molecule has 10 nitrogen and oxygen atoms in total. The molecule has 14 heteroatoms. The standard InChI is InChI=1S/C32H56N8.C2HF3O2.Al.2H/c1-2-10-18-17(9-1)25-33-26(18)38-28-21-13-5-6-14-22(21)30(35-28)40-32-24-16-8-7-15-23(24)31(36-32)39-29-20-12-4-3-11-19(20)27(34-29)37-25;3-2(4,5)1(6)7;;;/h17-40H,1-16H2;(H,6,7);;;/q;;+1;;/p-1. The van der Waals surface area contributed by atoms with E-state index in [4.69, 9.17) is 0 Å². The summed E-state index contributed by atoms with van der Waals surface area (Å²) in [6.45, 7) is 0. The molecule has 5 saturated heterocycles. The molecule has 48 heavy (non-hydrogen) atoms. The van der Waals surface area contributed by atoms with Gasteiger partial charge in [-0.1, -0.05) is 51.4 Å². The van der Waals surface area contributed by atoms with Crippen molar-refractivity contribution in [3.63, 3.8) is 0 Å². The van der Waals surface area contributed by atoms with Crippen molar-refractivity contribution < 1.29 is 21.8 Å². The van der Waals surface area contributed by atoms with Crippen LogP contribution in [0.2, 0.25) is 0 Å². The number of halogens is 3. The molecule has 4 saturated carbocycles. The van der Waals surface area contributed by atoms with Gasteiger partial charge in [0, 0.05) is 0 Å². The van der Waals surface area contributed by atoms with Crippen LogP contribution in [-0.4, -0.2) is 78.1 Å². The fourth-order valence-electron chi connectivity index (χ4n) is 12.1. The molecule has 0 amide bonds. The van der Waals surface area contributed by atoms with Crippen molar-refractivity contribution in [2.45, 2.75) is 158 Å². The Hall–Kier alpha value is -0.528. The highest BCUT2D eigenvalue weighted by molar-refractivity contribution is 6.06. The van der Waals surface area contributed by atoms with Crippen molar-refractivity contribution in [1.82, 2.24) is 42.5 Å². The SMILES string of the molecule is C1CCC2C3NC(NC4NC(NC5NC(NC6NC(N3)C3CCCCC63)C3CCCCC53)C3CCCCC43)C2C1.O=C([O][AlH2])C(F)(F)F. The summed E-state index contributed by atoms with van der Waals surface area (Å²) < 4.78 is 36.5. The first-order valence-corrected chi connectivity index (χ1v) is 20.3. The van der Waals surface area contributed by atoms with Crippen LogP contribution in [0.4, 0.5) is 13.2 Å². The molecular weight excluding hydrogens is 636 g/mol. The van der Waals surface area contributed by atoms with Crippen molar-refractivity contribution >= 4 is 22.6 Å². The van der Waals surface area contributed by atoms with E-state index >= 15 is 0 Å². The molecule has 9 fully saturated rings. The second-order valence-electron chi connectivity index (χ2n) is 16.6. The molecule has 8 N–H and O–H groups in total. The van der Waals surface area contributed by atoms with E-state index in [0.29, 0.717) is 49.3 Å². The Morgan fingerprint density at radius 1 is 0.417 bits per heavy atom. The summed E-state index contributed by atoms with van der Waals surface area (Å²) >= 11 is -0.216. The minimum absolute atomic E-state index is 0.216. The Bertz CT molecular complexity index is 932. The predicted octanol–water partition coefficient (Wildman–Crippen LogP) is 2.25. The highest BCUT2D eigenvalue weighted by Crippen LogP contribution is 2.45. The third-order valence-electron chi connectivity index (χ3n) is 14.2. The molecule has 8 atom stereocenters. The van der Waals surface area contributed by atoms with Crippen molar-refractivity contribution in [3.05, 3.63) is 0 Å². The maximum atomic E-state index is 11.0. The van der Waals surface area contributed by atoms with E-state index in [9.17, 15) is 18.0 Å². The van der Waals surface area contributed by atoms with Crippen LogP contribution in [0.5, 0.6) is 0 Å². The number of rotatable bonds is 0. The van der Waals surface area contributed by atoms with Gasteiger partial charge >= 0.3 is 28.8 Å². The number of hydrogen-bond acceptors (Lipinski definition) is 10. The van der Waals surface area contributed by atoms with Crippen LogP contribution >= 0.6 is 0 Å². The fourth-order valence-corrected chi connectivity index (χ4v) is 12.3. The lowest BCUT2D eigenvalue weighted by atomic mass is 9.76. The smallest absolute Gasteiger partial charge is 0.499 e. The molecular formula is C34H58AlF3N8O2. The van der Waals surface area contributed by atoms with Gasteiger partial charge in [0.2, 0.25) is 0 Å². The molecule has 0 aromatic carbocycles. The summed E-state index contributed by atoms with van der Waals surface area (Å²) in [5, 5.41) is 33.8. The first-order valence-electron chi connectivity index (χ1n) is 19.5. The van der Waals surface area contributed by atoms with E-state index in [2.05, 4.69) is 46.3 Å². The van der Waals surface area contributed by atoms with Gasteiger partial charge in [-0.2, -0.15) is 13.2 Å².